The average molecular weight is 565 g/mol. The number of ether oxygens (including phenoxy) is 1. The highest BCUT2D eigenvalue weighted by Gasteiger charge is 2.26. The molecule has 0 unspecified atom stereocenters. The second-order valence-corrected chi connectivity index (χ2v) is 11.4. The molecule has 210 valence electrons. The number of hydrogen-bond acceptors (Lipinski definition) is 7. The van der Waals surface area contributed by atoms with Crippen LogP contribution in [0.25, 0.3) is 10.9 Å². The van der Waals surface area contributed by atoms with Crippen molar-refractivity contribution in [3.05, 3.63) is 59.7 Å². The van der Waals surface area contributed by atoms with Gasteiger partial charge in [-0.05, 0) is 61.8 Å². The molecule has 0 atom stereocenters. The molecule has 2 saturated carbocycles. The third-order valence-corrected chi connectivity index (χ3v) is 7.95. The van der Waals surface area contributed by atoms with Gasteiger partial charge in [-0.2, -0.15) is 0 Å². The van der Waals surface area contributed by atoms with E-state index in [1.165, 1.54) is 37.8 Å². The van der Waals surface area contributed by atoms with Crippen molar-refractivity contribution in [2.24, 2.45) is 11.8 Å². The summed E-state index contributed by atoms with van der Waals surface area (Å²) in [6, 6.07) is 8.02. The van der Waals surface area contributed by atoms with Crippen molar-refractivity contribution >= 4 is 45.6 Å². The fourth-order valence-corrected chi connectivity index (χ4v) is 5.09. The van der Waals surface area contributed by atoms with E-state index in [1.807, 2.05) is 18.2 Å². The van der Waals surface area contributed by atoms with Crippen molar-refractivity contribution in [3.63, 3.8) is 0 Å². The molecule has 40 heavy (non-hydrogen) atoms. The number of aromatic nitrogens is 2. The normalized spacial score (nSPS) is 18.4. The summed E-state index contributed by atoms with van der Waals surface area (Å²) in [5.41, 5.74) is 1.79. The lowest BCUT2D eigenvalue weighted by Gasteiger charge is -2.34. The van der Waals surface area contributed by atoms with Gasteiger partial charge in [0.2, 0.25) is 5.91 Å². The Morgan fingerprint density at radius 1 is 1.05 bits per heavy atom. The lowest BCUT2D eigenvalue weighted by Crippen LogP contribution is -2.46. The highest BCUT2D eigenvalue weighted by molar-refractivity contribution is 6.31. The predicted molar refractivity (Wildman–Crippen MR) is 156 cm³/mol. The Hall–Kier alpha value is -3.27. The number of rotatable bonds is 11. The molecule has 0 bridgehead atoms. The summed E-state index contributed by atoms with van der Waals surface area (Å²) in [6.07, 6.45) is 10.0. The van der Waals surface area contributed by atoms with Crippen LogP contribution in [0.1, 0.15) is 25.7 Å². The van der Waals surface area contributed by atoms with Crippen molar-refractivity contribution in [1.82, 2.24) is 19.8 Å². The molecule has 1 aromatic heterocycles. The van der Waals surface area contributed by atoms with Gasteiger partial charge in [0.05, 0.1) is 22.8 Å². The maximum absolute atomic E-state index is 13.6. The Labute approximate surface area is 238 Å². The van der Waals surface area contributed by atoms with Crippen LogP contribution in [0.4, 0.5) is 21.6 Å². The van der Waals surface area contributed by atoms with E-state index in [-0.39, 0.29) is 10.9 Å². The molecule has 1 saturated heterocycles. The minimum Gasteiger partial charge on any atom is -0.491 e. The van der Waals surface area contributed by atoms with Crippen LogP contribution in [-0.4, -0.2) is 71.6 Å². The molecular weight excluding hydrogens is 531 g/mol. The molecule has 1 aliphatic heterocycles. The van der Waals surface area contributed by atoms with Crippen molar-refractivity contribution in [2.45, 2.75) is 25.7 Å². The Morgan fingerprint density at radius 2 is 1.82 bits per heavy atom. The summed E-state index contributed by atoms with van der Waals surface area (Å²) < 4.78 is 19.8. The zero-order valence-corrected chi connectivity index (χ0v) is 23.2. The molecular formula is C30H34ClFN6O2. The number of nitrogens with one attached hydrogen (secondary N) is 2. The first-order valence-corrected chi connectivity index (χ1v) is 14.4. The third kappa shape index (κ3) is 7.08. The highest BCUT2D eigenvalue weighted by Crippen LogP contribution is 2.36. The van der Waals surface area contributed by atoms with Crippen molar-refractivity contribution in [2.75, 3.05) is 56.5 Å². The van der Waals surface area contributed by atoms with Crippen LogP contribution >= 0.6 is 11.6 Å². The number of amides is 1. The van der Waals surface area contributed by atoms with E-state index in [0.717, 1.165) is 51.5 Å². The van der Waals surface area contributed by atoms with Gasteiger partial charge in [-0.3, -0.25) is 9.69 Å². The van der Waals surface area contributed by atoms with E-state index in [4.69, 9.17) is 16.3 Å². The second kappa shape index (κ2) is 12.1. The number of halogens is 2. The Balaban J connectivity index is 1.15. The van der Waals surface area contributed by atoms with E-state index in [0.29, 0.717) is 46.4 Å². The van der Waals surface area contributed by atoms with E-state index in [9.17, 15) is 9.18 Å². The number of carbonyl (C=O) groups is 1. The third-order valence-electron chi connectivity index (χ3n) is 7.66. The van der Waals surface area contributed by atoms with Gasteiger partial charge < -0.3 is 20.3 Å². The van der Waals surface area contributed by atoms with Crippen molar-refractivity contribution < 1.29 is 13.9 Å². The molecule has 0 radical (unpaired) electrons. The maximum Gasteiger partial charge on any atom is 0.248 e. The Morgan fingerprint density at radius 3 is 2.58 bits per heavy atom. The van der Waals surface area contributed by atoms with Crippen molar-refractivity contribution in [3.8, 4) is 5.75 Å². The van der Waals surface area contributed by atoms with Crippen LogP contribution in [0.3, 0.4) is 0 Å². The first-order chi connectivity index (χ1) is 19.5. The monoisotopic (exact) mass is 564 g/mol. The van der Waals surface area contributed by atoms with E-state index in [2.05, 4.69) is 30.4 Å². The SMILES string of the molecule is O=C(C=CCN1CCN(CC2CC2)CC1)Nc1cc2c(Nc3ccc(F)c(Cl)c3)ncnc2cc1OCC1CC1. The first kappa shape index (κ1) is 26.9. The fourth-order valence-electron chi connectivity index (χ4n) is 4.91. The van der Waals surface area contributed by atoms with Gasteiger partial charge >= 0.3 is 0 Å². The number of piperazine rings is 1. The predicted octanol–water partition coefficient (Wildman–Crippen LogP) is 5.48. The van der Waals surface area contributed by atoms with E-state index in [1.54, 1.807) is 12.1 Å². The molecule has 8 nitrogen and oxygen atoms in total. The van der Waals surface area contributed by atoms with E-state index >= 15 is 0 Å². The van der Waals surface area contributed by atoms with Gasteiger partial charge in [-0.1, -0.05) is 17.7 Å². The Kier molecular flexibility index (Phi) is 8.13. The molecule has 2 aromatic carbocycles. The Bertz CT molecular complexity index is 1400. The molecule has 2 aliphatic carbocycles. The van der Waals surface area contributed by atoms with E-state index < -0.39 is 5.82 Å². The lowest BCUT2D eigenvalue weighted by atomic mass is 10.1. The number of hydrogen-bond donors (Lipinski definition) is 2. The molecule has 3 aromatic rings. The standard InChI is InChI=1S/C30H34ClFN6O2/c31-24-14-22(7-8-25(24)32)35-30-23-15-27(28(40-18-21-5-6-21)16-26(23)33-19-34-30)36-29(39)2-1-9-37-10-12-38(13-11-37)17-20-3-4-20/h1-2,7-8,14-16,19-21H,3-6,9-13,17-18H2,(H,36,39)(H,33,34,35). The molecule has 1 amide bonds. The van der Waals surface area contributed by atoms with Crippen LogP contribution < -0.4 is 15.4 Å². The van der Waals surface area contributed by atoms with Crippen LogP contribution in [-0.2, 0) is 4.79 Å². The van der Waals surface area contributed by atoms with Gasteiger partial charge in [-0.25, -0.2) is 14.4 Å². The molecule has 10 heteroatoms. The maximum atomic E-state index is 13.6. The van der Waals surface area contributed by atoms with Gasteiger partial charge in [0, 0.05) is 62.5 Å². The number of carbonyl (C=O) groups excluding carboxylic acids is 1. The van der Waals surface area contributed by atoms with Gasteiger partial charge in [0.15, 0.2) is 0 Å². The molecule has 3 fully saturated rings. The number of nitrogens with zero attached hydrogens (tertiary/aromatic N) is 4. The molecule has 6 rings (SSSR count). The highest BCUT2D eigenvalue weighted by atomic mass is 35.5. The summed E-state index contributed by atoms with van der Waals surface area (Å²) in [5, 5.41) is 6.88. The number of fused-ring (bicyclic) bond motifs is 1. The minimum absolute atomic E-state index is 0.0130. The summed E-state index contributed by atoms with van der Waals surface area (Å²) in [4.78, 5) is 26.7. The summed E-state index contributed by atoms with van der Waals surface area (Å²) >= 11 is 5.96. The number of benzene rings is 2. The second-order valence-electron chi connectivity index (χ2n) is 11.0. The fraction of sp³-hybridized carbons (Fsp3) is 0.433. The molecule has 3 aliphatic rings. The lowest BCUT2D eigenvalue weighted by molar-refractivity contribution is -0.111. The summed E-state index contributed by atoms with van der Waals surface area (Å²) in [5.74, 6) is 1.83. The largest absolute Gasteiger partial charge is 0.491 e. The summed E-state index contributed by atoms with van der Waals surface area (Å²) in [7, 11) is 0. The van der Waals surface area contributed by atoms with Crippen LogP contribution in [0.2, 0.25) is 5.02 Å². The summed E-state index contributed by atoms with van der Waals surface area (Å²) in [6.45, 7) is 6.82. The van der Waals surface area contributed by atoms with Gasteiger partial charge in [0.1, 0.15) is 23.7 Å². The molecule has 2 heterocycles. The molecule has 2 N–H and O–H groups in total. The zero-order valence-electron chi connectivity index (χ0n) is 22.4. The van der Waals surface area contributed by atoms with Crippen LogP contribution in [0.5, 0.6) is 5.75 Å². The first-order valence-electron chi connectivity index (χ1n) is 14.1. The quantitative estimate of drug-likeness (QED) is 0.299. The van der Waals surface area contributed by atoms with Gasteiger partial charge in [-0.15, -0.1) is 0 Å². The smallest absolute Gasteiger partial charge is 0.248 e. The molecule has 0 spiro atoms. The minimum atomic E-state index is -0.494. The van der Waals surface area contributed by atoms with Crippen LogP contribution in [0, 0.1) is 17.7 Å². The topological polar surface area (TPSA) is 82.6 Å². The number of anilines is 3. The van der Waals surface area contributed by atoms with Crippen LogP contribution in [0.15, 0.2) is 48.8 Å². The van der Waals surface area contributed by atoms with Gasteiger partial charge in [0.25, 0.3) is 0 Å². The average Bonchev–Trinajstić information content (AvgIpc) is 3.88. The van der Waals surface area contributed by atoms with Crippen molar-refractivity contribution in [1.29, 1.82) is 0 Å². The zero-order chi connectivity index (χ0) is 27.5.